The van der Waals surface area contributed by atoms with Crippen molar-refractivity contribution in [3.8, 4) is 11.5 Å². The van der Waals surface area contributed by atoms with Crippen molar-refractivity contribution >= 4 is 0 Å². The Morgan fingerprint density at radius 3 is 2.50 bits per heavy atom. The molecule has 3 rings (SSSR count). The lowest BCUT2D eigenvalue weighted by molar-refractivity contribution is 0.241. The summed E-state index contributed by atoms with van der Waals surface area (Å²) in [4.78, 5) is 2.48. The molecule has 3 nitrogen and oxygen atoms in total. The van der Waals surface area contributed by atoms with Crippen LogP contribution in [0, 0.1) is 6.92 Å². The normalized spacial score (nSPS) is 14.5. The summed E-state index contributed by atoms with van der Waals surface area (Å²) < 4.78 is 11.0. The van der Waals surface area contributed by atoms with Gasteiger partial charge in [0.1, 0.15) is 11.5 Å². The summed E-state index contributed by atoms with van der Waals surface area (Å²) in [5.41, 5.74) is 5.22. The van der Waals surface area contributed by atoms with E-state index in [0.717, 1.165) is 43.1 Å². The maximum Gasteiger partial charge on any atom is 0.129 e. The highest BCUT2D eigenvalue weighted by Gasteiger charge is 2.18. The molecule has 1 aliphatic heterocycles. The van der Waals surface area contributed by atoms with E-state index in [0.29, 0.717) is 0 Å². The molecular weight excluding hydrogens is 274 g/mol. The first-order valence-electron chi connectivity index (χ1n) is 7.72. The Labute approximate surface area is 132 Å². The molecule has 0 aromatic heterocycles. The largest absolute Gasteiger partial charge is 0.496 e. The Kier molecular flexibility index (Phi) is 4.34. The molecule has 2 aromatic rings. The summed E-state index contributed by atoms with van der Waals surface area (Å²) in [5.74, 6) is 1.82. The molecule has 0 aliphatic carbocycles. The smallest absolute Gasteiger partial charge is 0.129 e. The fraction of sp³-hybridized carbons (Fsp3) is 0.368. The minimum Gasteiger partial charge on any atom is -0.496 e. The molecule has 2 aromatic carbocycles. The van der Waals surface area contributed by atoms with Gasteiger partial charge >= 0.3 is 0 Å². The molecule has 0 N–H and O–H groups in total. The van der Waals surface area contributed by atoms with Gasteiger partial charge in [-0.25, -0.2) is 0 Å². The van der Waals surface area contributed by atoms with Gasteiger partial charge in [-0.15, -0.1) is 0 Å². The molecule has 0 saturated heterocycles. The summed E-state index contributed by atoms with van der Waals surface area (Å²) in [7, 11) is 3.43. The van der Waals surface area contributed by atoms with Crippen molar-refractivity contribution in [2.24, 2.45) is 0 Å². The lowest BCUT2D eigenvalue weighted by Crippen LogP contribution is -2.30. The van der Waals surface area contributed by atoms with E-state index in [1.54, 1.807) is 14.2 Å². The van der Waals surface area contributed by atoms with Gasteiger partial charge < -0.3 is 9.47 Å². The summed E-state index contributed by atoms with van der Waals surface area (Å²) in [5, 5.41) is 0. The second-order valence-electron chi connectivity index (χ2n) is 5.81. The van der Waals surface area contributed by atoms with Crippen LogP contribution >= 0.6 is 0 Å². The lowest BCUT2D eigenvalue weighted by Gasteiger charge is -2.29. The molecule has 0 saturated carbocycles. The molecule has 0 fully saturated rings. The van der Waals surface area contributed by atoms with E-state index in [9.17, 15) is 0 Å². The first kappa shape index (κ1) is 14.9. The Morgan fingerprint density at radius 1 is 1.00 bits per heavy atom. The van der Waals surface area contributed by atoms with Crippen molar-refractivity contribution in [3.63, 3.8) is 0 Å². The van der Waals surface area contributed by atoms with Crippen molar-refractivity contribution < 1.29 is 9.47 Å². The number of methoxy groups -OCH3 is 2. The van der Waals surface area contributed by atoms with Crippen LogP contribution in [0.15, 0.2) is 36.4 Å². The fourth-order valence-electron chi connectivity index (χ4n) is 3.29. The third kappa shape index (κ3) is 2.81. The van der Waals surface area contributed by atoms with Crippen LogP contribution in [0.2, 0.25) is 0 Å². The maximum absolute atomic E-state index is 5.62. The second-order valence-corrected chi connectivity index (χ2v) is 5.81. The predicted octanol–water partition coefficient (Wildman–Crippen LogP) is 3.57. The van der Waals surface area contributed by atoms with Crippen molar-refractivity contribution in [2.45, 2.75) is 26.4 Å². The fourth-order valence-corrected chi connectivity index (χ4v) is 3.29. The summed E-state index contributed by atoms with van der Waals surface area (Å²) in [6, 6.07) is 12.9. The van der Waals surface area contributed by atoms with Crippen molar-refractivity contribution in [1.82, 2.24) is 4.90 Å². The molecule has 0 spiro atoms. The standard InChI is InChI=1S/C19H23NO2/c1-14-18(21-2)9-8-17(19(14)22-3)13-20-11-10-15-6-4-5-7-16(15)12-20/h4-9H,10-13H2,1-3H3. The predicted molar refractivity (Wildman–Crippen MR) is 88.5 cm³/mol. The topological polar surface area (TPSA) is 21.7 Å². The van der Waals surface area contributed by atoms with Gasteiger partial charge in [-0.3, -0.25) is 4.90 Å². The zero-order chi connectivity index (χ0) is 15.5. The molecule has 0 bridgehead atoms. The number of hydrogen-bond donors (Lipinski definition) is 0. The Balaban J connectivity index is 1.81. The summed E-state index contributed by atoms with van der Waals surface area (Å²) in [6.45, 7) is 5.05. The zero-order valence-corrected chi connectivity index (χ0v) is 13.6. The minimum atomic E-state index is 0.879. The van der Waals surface area contributed by atoms with Gasteiger partial charge in [-0.05, 0) is 30.5 Å². The first-order chi connectivity index (χ1) is 10.7. The molecule has 0 radical (unpaired) electrons. The number of benzene rings is 2. The van der Waals surface area contributed by atoms with Gasteiger partial charge in [0.05, 0.1) is 14.2 Å². The van der Waals surface area contributed by atoms with E-state index in [4.69, 9.17) is 9.47 Å². The molecule has 0 atom stereocenters. The Bertz CT molecular complexity index is 666. The zero-order valence-electron chi connectivity index (χ0n) is 13.6. The number of fused-ring (bicyclic) bond motifs is 1. The van der Waals surface area contributed by atoms with Crippen LogP contribution in [0.5, 0.6) is 11.5 Å². The molecule has 0 amide bonds. The lowest BCUT2D eigenvalue weighted by atomic mass is 9.99. The van der Waals surface area contributed by atoms with Gasteiger partial charge in [0.15, 0.2) is 0 Å². The molecule has 0 unspecified atom stereocenters. The van der Waals surface area contributed by atoms with Gasteiger partial charge in [0.25, 0.3) is 0 Å². The van der Waals surface area contributed by atoms with Crippen LogP contribution in [0.3, 0.4) is 0 Å². The number of nitrogens with zero attached hydrogens (tertiary/aromatic N) is 1. The third-order valence-electron chi connectivity index (χ3n) is 4.47. The average molecular weight is 297 g/mol. The third-order valence-corrected chi connectivity index (χ3v) is 4.47. The highest BCUT2D eigenvalue weighted by atomic mass is 16.5. The van der Waals surface area contributed by atoms with Crippen LogP contribution in [0.1, 0.15) is 22.3 Å². The van der Waals surface area contributed by atoms with E-state index in [1.165, 1.54) is 16.7 Å². The maximum atomic E-state index is 5.62. The number of hydrogen-bond acceptors (Lipinski definition) is 3. The van der Waals surface area contributed by atoms with Crippen LogP contribution in [0.25, 0.3) is 0 Å². The van der Waals surface area contributed by atoms with E-state index in [2.05, 4.69) is 35.2 Å². The SMILES string of the molecule is COc1ccc(CN2CCc3ccccc3C2)c(OC)c1C. The first-order valence-corrected chi connectivity index (χ1v) is 7.72. The molecule has 116 valence electrons. The van der Waals surface area contributed by atoms with E-state index >= 15 is 0 Å². The van der Waals surface area contributed by atoms with Crippen molar-refractivity contribution in [3.05, 3.63) is 58.7 Å². The van der Waals surface area contributed by atoms with Gasteiger partial charge in [0.2, 0.25) is 0 Å². The highest BCUT2D eigenvalue weighted by molar-refractivity contribution is 5.49. The monoisotopic (exact) mass is 297 g/mol. The number of rotatable bonds is 4. The Morgan fingerprint density at radius 2 is 1.77 bits per heavy atom. The molecule has 1 aliphatic rings. The van der Waals surface area contributed by atoms with E-state index in [1.807, 2.05) is 13.0 Å². The Hall–Kier alpha value is -2.00. The van der Waals surface area contributed by atoms with Gasteiger partial charge in [0, 0.05) is 30.8 Å². The van der Waals surface area contributed by atoms with Crippen LogP contribution in [-0.4, -0.2) is 25.7 Å². The van der Waals surface area contributed by atoms with E-state index < -0.39 is 0 Å². The van der Waals surface area contributed by atoms with Crippen LogP contribution < -0.4 is 9.47 Å². The molecular formula is C19H23NO2. The average Bonchev–Trinajstić information content (AvgIpc) is 2.55. The quantitative estimate of drug-likeness (QED) is 0.861. The highest BCUT2D eigenvalue weighted by Crippen LogP contribution is 2.32. The van der Waals surface area contributed by atoms with Crippen LogP contribution in [-0.2, 0) is 19.5 Å². The molecule has 1 heterocycles. The van der Waals surface area contributed by atoms with E-state index in [-0.39, 0.29) is 0 Å². The molecule has 22 heavy (non-hydrogen) atoms. The van der Waals surface area contributed by atoms with Crippen molar-refractivity contribution in [1.29, 1.82) is 0 Å². The summed E-state index contributed by atoms with van der Waals surface area (Å²) in [6.07, 6.45) is 1.12. The van der Waals surface area contributed by atoms with Gasteiger partial charge in [-0.1, -0.05) is 30.3 Å². The van der Waals surface area contributed by atoms with Crippen LogP contribution in [0.4, 0.5) is 0 Å². The van der Waals surface area contributed by atoms with Crippen molar-refractivity contribution in [2.75, 3.05) is 20.8 Å². The summed E-state index contributed by atoms with van der Waals surface area (Å²) >= 11 is 0. The minimum absolute atomic E-state index is 0.879. The number of ether oxygens (including phenoxy) is 2. The van der Waals surface area contributed by atoms with Gasteiger partial charge in [-0.2, -0.15) is 0 Å². The molecule has 3 heteroatoms. The second kappa shape index (κ2) is 6.41.